The van der Waals surface area contributed by atoms with Gasteiger partial charge in [0, 0.05) is 6.92 Å². The fraction of sp³-hybridized carbons (Fsp3) is 0.818. The maximum absolute atomic E-state index is 11.1. The summed E-state index contributed by atoms with van der Waals surface area (Å²) in [4.78, 5) is 11.1. The van der Waals surface area contributed by atoms with Gasteiger partial charge in [-0.1, -0.05) is 19.3 Å². The molecule has 1 unspecified atom stereocenters. The van der Waals surface area contributed by atoms with Gasteiger partial charge in [0.1, 0.15) is 6.10 Å². The molecule has 0 aromatic carbocycles. The van der Waals surface area contributed by atoms with Crippen molar-refractivity contribution in [2.24, 2.45) is 5.92 Å². The molecule has 0 saturated heterocycles. The molecular formula is C11H19NO3. The number of ether oxygens (including phenoxy) is 2. The second-order valence-electron chi connectivity index (χ2n) is 4.13. The molecule has 1 aliphatic carbocycles. The van der Waals surface area contributed by atoms with Crippen molar-refractivity contribution in [3.8, 4) is 0 Å². The third-order valence-electron chi connectivity index (χ3n) is 2.83. The zero-order chi connectivity index (χ0) is 11.3. The summed E-state index contributed by atoms with van der Waals surface area (Å²) in [7, 11) is 0. The molecule has 1 saturated carbocycles. The van der Waals surface area contributed by atoms with E-state index in [1.54, 1.807) is 0 Å². The van der Waals surface area contributed by atoms with Crippen LogP contribution in [0.5, 0.6) is 0 Å². The normalized spacial score (nSPS) is 19.3. The third kappa shape index (κ3) is 4.32. The highest BCUT2D eigenvalue weighted by Crippen LogP contribution is 2.27. The molecule has 0 spiro atoms. The molecule has 1 rings (SSSR count). The average Bonchev–Trinajstić information content (AvgIpc) is 2.17. The molecule has 86 valence electrons. The van der Waals surface area contributed by atoms with Crippen molar-refractivity contribution >= 4 is 12.1 Å². The molecule has 0 aromatic heterocycles. The second kappa shape index (κ2) is 5.73. The van der Waals surface area contributed by atoms with E-state index < -0.39 is 6.16 Å². The van der Waals surface area contributed by atoms with Crippen molar-refractivity contribution in [2.45, 2.75) is 52.1 Å². The van der Waals surface area contributed by atoms with E-state index in [2.05, 4.69) is 4.74 Å². The Morgan fingerprint density at radius 2 is 1.93 bits per heavy atom. The van der Waals surface area contributed by atoms with E-state index >= 15 is 0 Å². The van der Waals surface area contributed by atoms with Crippen LogP contribution in [0, 0.1) is 11.3 Å². The van der Waals surface area contributed by atoms with Gasteiger partial charge >= 0.3 is 6.16 Å². The van der Waals surface area contributed by atoms with Crippen LogP contribution in [-0.2, 0) is 9.47 Å². The molecule has 1 fully saturated rings. The first-order valence-corrected chi connectivity index (χ1v) is 5.53. The van der Waals surface area contributed by atoms with Crippen molar-refractivity contribution in [1.29, 1.82) is 5.41 Å². The van der Waals surface area contributed by atoms with Crippen molar-refractivity contribution in [3.05, 3.63) is 0 Å². The molecule has 15 heavy (non-hydrogen) atoms. The molecule has 0 bridgehead atoms. The van der Waals surface area contributed by atoms with Crippen LogP contribution in [0.3, 0.4) is 0 Å². The fourth-order valence-corrected chi connectivity index (χ4v) is 2.00. The second-order valence-corrected chi connectivity index (χ2v) is 4.13. The van der Waals surface area contributed by atoms with Crippen molar-refractivity contribution < 1.29 is 14.3 Å². The van der Waals surface area contributed by atoms with Gasteiger partial charge in [-0.15, -0.1) is 0 Å². The summed E-state index contributed by atoms with van der Waals surface area (Å²) < 4.78 is 9.63. The molecule has 0 amide bonds. The summed E-state index contributed by atoms with van der Waals surface area (Å²) in [5.41, 5.74) is 0. The van der Waals surface area contributed by atoms with Gasteiger partial charge in [0.15, 0.2) is 5.90 Å². The lowest BCUT2D eigenvalue weighted by Gasteiger charge is -2.26. The van der Waals surface area contributed by atoms with E-state index in [-0.39, 0.29) is 12.0 Å². The van der Waals surface area contributed by atoms with Gasteiger partial charge in [-0.3, -0.25) is 5.41 Å². The Kier molecular flexibility index (Phi) is 4.59. The van der Waals surface area contributed by atoms with Crippen molar-refractivity contribution in [1.82, 2.24) is 0 Å². The molecule has 0 heterocycles. The first-order valence-electron chi connectivity index (χ1n) is 5.53. The van der Waals surface area contributed by atoms with Crippen LogP contribution >= 0.6 is 0 Å². The monoisotopic (exact) mass is 213 g/mol. The largest absolute Gasteiger partial charge is 0.515 e. The lowest BCUT2D eigenvalue weighted by Crippen LogP contribution is -2.26. The predicted molar refractivity (Wildman–Crippen MR) is 57.0 cm³/mol. The molecule has 0 radical (unpaired) electrons. The molecule has 1 atom stereocenters. The van der Waals surface area contributed by atoms with Crippen LogP contribution in [0.25, 0.3) is 0 Å². The van der Waals surface area contributed by atoms with Gasteiger partial charge < -0.3 is 9.47 Å². The Labute approximate surface area is 90.5 Å². The van der Waals surface area contributed by atoms with Crippen molar-refractivity contribution in [3.63, 3.8) is 0 Å². The number of nitrogens with one attached hydrogen (secondary N) is 1. The van der Waals surface area contributed by atoms with Crippen molar-refractivity contribution in [2.75, 3.05) is 0 Å². The Morgan fingerprint density at radius 1 is 1.33 bits per heavy atom. The molecule has 1 aliphatic rings. The molecule has 0 aliphatic heterocycles. The van der Waals surface area contributed by atoms with E-state index in [1.165, 1.54) is 26.2 Å². The van der Waals surface area contributed by atoms with Gasteiger partial charge in [0.25, 0.3) is 0 Å². The van der Waals surface area contributed by atoms with Gasteiger partial charge in [0.05, 0.1) is 0 Å². The van der Waals surface area contributed by atoms with Crippen LogP contribution < -0.4 is 0 Å². The van der Waals surface area contributed by atoms with Gasteiger partial charge in [-0.2, -0.15) is 0 Å². The minimum atomic E-state index is -0.749. The van der Waals surface area contributed by atoms with E-state index in [9.17, 15) is 4.79 Å². The van der Waals surface area contributed by atoms with E-state index in [4.69, 9.17) is 10.1 Å². The zero-order valence-electron chi connectivity index (χ0n) is 9.41. The zero-order valence-corrected chi connectivity index (χ0v) is 9.41. The average molecular weight is 213 g/mol. The number of carbonyl (C=O) groups excluding carboxylic acids is 1. The summed E-state index contributed by atoms with van der Waals surface area (Å²) in [6.07, 6.45) is 5.12. The lowest BCUT2D eigenvalue weighted by atomic mass is 9.86. The summed E-state index contributed by atoms with van der Waals surface area (Å²) >= 11 is 0. The Bertz CT molecular complexity index is 234. The summed E-state index contributed by atoms with van der Waals surface area (Å²) in [5.74, 6) is 0.327. The van der Waals surface area contributed by atoms with Crippen LogP contribution in [-0.4, -0.2) is 18.2 Å². The first kappa shape index (κ1) is 12.0. The molecule has 0 aromatic rings. The quantitative estimate of drug-likeness (QED) is 0.435. The first-order chi connectivity index (χ1) is 7.09. The van der Waals surface area contributed by atoms with Crippen LogP contribution in [0.4, 0.5) is 4.79 Å². The highest BCUT2D eigenvalue weighted by molar-refractivity contribution is 5.81. The number of rotatable bonds is 2. The van der Waals surface area contributed by atoms with Gasteiger partial charge in [-0.05, 0) is 25.7 Å². The molecular weight excluding hydrogens is 194 g/mol. The lowest BCUT2D eigenvalue weighted by molar-refractivity contribution is 0.0271. The molecule has 4 heteroatoms. The highest BCUT2D eigenvalue weighted by Gasteiger charge is 2.23. The Morgan fingerprint density at radius 3 is 2.47 bits per heavy atom. The van der Waals surface area contributed by atoms with Crippen LogP contribution in [0.15, 0.2) is 0 Å². The highest BCUT2D eigenvalue weighted by atomic mass is 16.7. The van der Waals surface area contributed by atoms with E-state index in [0.29, 0.717) is 5.92 Å². The number of hydrogen-bond donors (Lipinski definition) is 1. The predicted octanol–water partition coefficient (Wildman–Crippen LogP) is 3.11. The SMILES string of the molecule is CC(=N)OC(=O)OC(C)C1CCCCC1. The smallest absolute Gasteiger partial charge is 0.431 e. The minimum Gasteiger partial charge on any atom is -0.431 e. The Balaban J connectivity index is 2.30. The number of hydrogen-bond acceptors (Lipinski definition) is 4. The third-order valence-corrected chi connectivity index (χ3v) is 2.83. The van der Waals surface area contributed by atoms with E-state index in [0.717, 1.165) is 12.8 Å². The summed E-state index contributed by atoms with van der Waals surface area (Å²) in [5, 5.41) is 6.99. The van der Waals surface area contributed by atoms with Gasteiger partial charge in [0.2, 0.25) is 0 Å². The van der Waals surface area contributed by atoms with Crippen LogP contribution in [0.1, 0.15) is 46.0 Å². The van der Waals surface area contributed by atoms with E-state index in [1.807, 2.05) is 6.92 Å². The fourth-order valence-electron chi connectivity index (χ4n) is 2.00. The van der Waals surface area contributed by atoms with Crippen LogP contribution in [0.2, 0.25) is 0 Å². The molecule has 1 N–H and O–H groups in total. The standard InChI is InChI=1S/C11H19NO3/c1-8(10-6-4-3-5-7-10)14-11(13)15-9(2)12/h8,10,12H,3-7H2,1-2H3. The maximum Gasteiger partial charge on any atom is 0.515 e. The topological polar surface area (TPSA) is 59.4 Å². The maximum atomic E-state index is 11.1. The Hall–Kier alpha value is -1.06. The number of carbonyl (C=O) groups is 1. The van der Waals surface area contributed by atoms with Gasteiger partial charge in [-0.25, -0.2) is 4.79 Å². The summed E-state index contributed by atoms with van der Waals surface area (Å²) in [6.45, 7) is 3.31. The molecule has 4 nitrogen and oxygen atoms in total. The summed E-state index contributed by atoms with van der Waals surface area (Å²) in [6, 6.07) is 0. The minimum absolute atomic E-state index is 0.0999.